The lowest BCUT2D eigenvalue weighted by atomic mass is 10.1. The number of rotatable bonds is 3. The molecule has 0 saturated heterocycles. The number of hydrogen-bond acceptors (Lipinski definition) is 2. The summed E-state index contributed by atoms with van der Waals surface area (Å²) in [6, 6.07) is 1.56. The molecule has 3 nitrogen and oxygen atoms in total. The van der Waals surface area contributed by atoms with Gasteiger partial charge in [0.2, 0.25) is 5.91 Å². The van der Waals surface area contributed by atoms with Crippen molar-refractivity contribution in [3.05, 3.63) is 42.2 Å². The Morgan fingerprint density at radius 3 is 2.62 bits per heavy atom. The molecule has 1 aromatic heterocycles. The first-order chi connectivity index (χ1) is 6.20. The molecule has 0 unspecified atom stereocenters. The van der Waals surface area contributed by atoms with Gasteiger partial charge in [0, 0.05) is 17.3 Å². The molecule has 0 aliphatic heterocycles. The monoisotopic (exact) mass is 174 g/mol. The van der Waals surface area contributed by atoms with E-state index < -0.39 is 5.91 Å². The number of pyridine rings is 1. The van der Waals surface area contributed by atoms with Gasteiger partial charge in [-0.1, -0.05) is 19.2 Å². The fourth-order valence-electron chi connectivity index (χ4n) is 1.08. The highest BCUT2D eigenvalue weighted by molar-refractivity contribution is 5.97. The van der Waals surface area contributed by atoms with Crippen molar-refractivity contribution in [2.75, 3.05) is 0 Å². The van der Waals surface area contributed by atoms with E-state index in [2.05, 4.69) is 18.1 Å². The minimum absolute atomic E-state index is 0.417. The fraction of sp³-hybridized carbons (Fsp3) is 0. The maximum absolute atomic E-state index is 11.0. The Labute approximate surface area is 76.6 Å². The van der Waals surface area contributed by atoms with E-state index in [4.69, 9.17) is 5.73 Å². The Morgan fingerprint density at radius 1 is 1.46 bits per heavy atom. The van der Waals surface area contributed by atoms with Crippen molar-refractivity contribution >= 4 is 18.1 Å². The average molecular weight is 174 g/mol. The van der Waals surface area contributed by atoms with E-state index in [0.717, 1.165) is 0 Å². The van der Waals surface area contributed by atoms with Crippen molar-refractivity contribution in [3.8, 4) is 0 Å². The zero-order valence-electron chi connectivity index (χ0n) is 7.16. The highest BCUT2D eigenvalue weighted by atomic mass is 16.1. The molecule has 13 heavy (non-hydrogen) atoms. The molecule has 0 fully saturated rings. The molecular weight excluding hydrogens is 164 g/mol. The molecule has 0 aliphatic carbocycles. The van der Waals surface area contributed by atoms with Gasteiger partial charge in [-0.2, -0.15) is 0 Å². The normalized spacial score (nSPS) is 9.23. The summed E-state index contributed by atoms with van der Waals surface area (Å²) < 4.78 is 0. The first-order valence-electron chi connectivity index (χ1n) is 3.74. The number of nitrogens with zero attached hydrogens (tertiary/aromatic N) is 1. The first kappa shape index (κ1) is 9.19. The summed E-state index contributed by atoms with van der Waals surface area (Å²) in [6.07, 6.45) is 4.62. The smallest absolute Gasteiger partial charge is 0.249 e. The summed E-state index contributed by atoms with van der Waals surface area (Å²) >= 11 is 0. The van der Waals surface area contributed by atoms with Crippen LogP contribution < -0.4 is 5.73 Å². The highest BCUT2D eigenvalue weighted by Gasteiger charge is 2.08. The van der Waals surface area contributed by atoms with E-state index in [-0.39, 0.29) is 0 Å². The van der Waals surface area contributed by atoms with Gasteiger partial charge in [-0.05, 0) is 12.1 Å². The molecule has 0 radical (unpaired) electrons. The summed E-state index contributed by atoms with van der Waals surface area (Å²) in [6.45, 7) is 7.16. The third-order valence-corrected chi connectivity index (χ3v) is 1.68. The van der Waals surface area contributed by atoms with Crippen LogP contribution in [-0.4, -0.2) is 10.9 Å². The van der Waals surface area contributed by atoms with Crippen LogP contribution in [0.4, 0.5) is 0 Å². The van der Waals surface area contributed by atoms with Crippen LogP contribution in [0.25, 0.3) is 12.2 Å². The van der Waals surface area contributed by atoms with Gasteiger partial charge in [-0.25, -0.2) is 0 Å². The lowest BCUT2D eigenvalue weighted by Crippen LogP contribution is -2.13. The molecule has 1 aromatic rings. The van der Waals surface area contributed by atoms with Gasteiger partial charge >= 0.3 is 0 Å². The van der Waals surface area contributed by atoms with Crippen LogP contribution in [0, 0.1) is 0 Å². The van der Waals surface area contributed by atoms with E-state index in [1.807, 2.05) is 0 Å². The first-order valence-corrected chi connectivity index (χ1v) is 3.74. The summed E-state index contributed by atoms with van der Waals surface area (Å²) in [4.78, 5) is 15.0. The molecule has 1 heterocycles. The predicted molar refractivity (Wildman–Crippen MR) is 52.9 cm³/mol. The van der Waals surface area contributed by atoms with Gasteiger partial charge in [0.1, 0.15) is 0 Å². The molecule has 66 valence electrons. The van der Waals surface area contributed by atoms with Crippen molar-refractivity contribution in [1.82, 2.24) is 4.98 Å². The highest BCUT2D eigenvalue weighted by Crippen LogP contribution is 2.14. The minimum Gasteiger partial charge on any atom is -0.366 e. The number of hydrogen-bond donors (Lipinski definition) is 1. The predicted octanol–water partition coefficient (Wildman–Crippen LogP) is 1.47. The molecule has 0 spiro atoms. The standard InChI is InChI=1S/C10H10N2O/c1-3-7-8(10(11)13)5-6-12-9(7)4-2/h3-6H,1-2H2,(H2,11,13). The maximum Gasteiger partial charge on any atom is 0.249 e. The SMILES string of the molecule is C=Cc1nccc(C(N)=O)c1C=C. The van der Waals surface area contributed by atoms with Crippen LogP contribution in [0.3, 0.4) is 0 Å². The van der Waals surface area contributed by atoms with Gasteiger partial charge in [0.15, 0.2) is 0 Å². The van der Waals surface area contributed by atoms with Crippen molar-refractivity contribution in [2.24, 2.45) is 5.73 Å². The number of amides is 1. The van der Waals surface area contributed by atoms with E-state index in [1.165, 1.54) is 6.20 Å². The Morgan fingerprint density at radius 2 is 2.15 bits per heavy atom. The Balaban J connectivity index is 3.43. The fourth-order valence-corrected chi connectivity index (χ4v) is 1.08. The zero-order chi connectivity index (χ0) is 9.84. The molecule has 0 bridgehead atoms. The van der Waals surface area contributed by atoms with Crippen LogP contribution in [0.5, 0.6) is 0 Å². The van der Waals surface area contributed by atoms with Crippen molar-refractivity contribution in [1.29, 1.82) is 0 Å². The quantitative estimate of drug-likeness (QED) is 0.754. The molecule has 2 N–H and O–H groups in total. The van der Waals surface area contributed by atoms with Crippen molar-refractivity contribution in [2.45, 2.75) is 0 Å². The lowest BCUT2D eigenvalue weighted by Gasteiger charge is -2.03. The summed E-state index contributed by atoms with van der Waals surface area (Å²) in [5.41, 5.74) is 6.83. The summed E-state index contributed by atoms with van der Waals surface area (Å²) in [7, 11) is 0. The molecule has 1 rings (SSSR count). The van der Waals surface area contributed by atoms with Gasteiger partial charge in [0.25, 0.3) is 0 Å². The number of carbonyl (C=O) groups is 1. The molecule has 0 aromatic carbocycles. The third-order valence-electron chi connectivity index (χ3n) is 1.68. The second kappa shape index (κ2) is 3.67. The summed E-state index contributed by atoms with van der Waals surface area (Å²) in [5, 5.41) is 0. The van der Waals surface area contributed by atoms with E-state index in [0.29, 0.717) is 16.8 Å². The van der Waals surface area contributed by atoms with Gasteiger partial charge in [-0.15, -0.1) is 0 Å². The van der Waals surface area contributed by atoms with E-state index in [1.54, 1.807) is 18.2 Å². The molecule has 3 heteroatoms. The molecule has 1 amide bonds. The number of primary amides is 1. The third kappa shape index (κ3) is 1.64. The molecule has 0 aliphatic rings. The average Bonchev–Trinajstić information content (AvgIpc) is 2.16. The second-order valence-electron chi connectivity index (χ2n) is 2.43. The molecular formula is C10H10N2O. The van der Waals surface area contributed by atoms with Gasteiger partial charge in [-0.3, -0.25) is 9.78 Å². The van der Waals surface area contributed by atoms with Crippen LogP contribution in [0.15, 0.2) is 25.4 Å². The zero-order valence-corrected chi connectivity index (χ0v) is 7.16. The van der Waals surface area contributed by atoms with Crippen LogP contribution in [0.1, 0.15) is 21.6 Å². The van der Waals surface area contributed by atoms with Gasteiger partial charge in [0.05, 0.1) is 5.69 Å². The summed E-state index contributed by atoms with van der Waals surface area (Å²) in [5.74, 6) is -0.486. The Bertz CT molecular complexity index is 369. The Hall–Kier alpha value is -1.90. The second-order valence-corrected chi connectivity index (χ2v) is 2.43. The number of aromatic nitrogens is 1. The van der Waals surface area contributed by atoms with E-state index >= 15 is 0 Å². The van der Waals surface area contributed by atoms with Gasteiger partial charge < -0.3 is 5.73 Å². The number of nitrogens with two attached hydrogens (primary N) is 1. The topological polar surface area (TPSA) is 56.0 Å². The number of carbonyl (C=O) groups excluding carboxylic acids is 1. The molecule has 0 saturated carbocycles. The maximum atomic E-state index is 11.0. The largest absolute Gasteiger partial charge is 0.366 e. The van der Waals surface area contributed by atoms with Crippen LogP contribution in [0.2, 0.25) is 0 Å². The van der Waals surface area contributed by atoms with Crippen molar-refractivity contribution in [3.63, 3.8) is 0 Å². The minimum atomic E-state index is -0.486. The van der Waals surface area contributed by atoms with Crippen LogP contribution >= 0.6 is 0 Å². The Kier molecular flexibility index (Phi) is 2.59. The van der Waals surface area contributed by atoms with E-state index in [9.17, 15) is 4.79 Å². The lowest BCUT2D eigenvalue weighted by molar-refractivity contribution is 0.1000. The van der Waals surface area contributed by atoms with Crippen molar-refractivity contribution < 1.29 is 4.79 Å². The molecule has 0 atom stereocenters. The van der Waals surface area contributed by atoms with Crippen LogP contribution in [-0.2, 0) is 0 Å².